The molecule has 1 amide bonds. The van der Waals surface area contributed by atoms with E-state index in [1.807, 2.05) is 0 Å². The summed E-state index contributed by atoms with van der Waals surface area (Å²) in [5.74, 6) is 0.499. The van der Waals surface area contributed by atoms with E-state index in [4.69, 9.17) is 5.73 Å². The number of amides is 1. The van der Waals surface area contributed by atoms with Gasteiger partial charge in [-0.3, -0.25) is 4.79 Å². The molecule has 0 radical (unpaired) electrons. The van der Waals surface area contributed by atoms with Gasteiger partial charge in [-0.15, -0.1) is 0 Å². The molecule has 2 atom stereocenters. The molecule has 1 saturated heterocycles. The van der Waals surface area contributed by atoms with Crippen molar-refractivity contribution in [3.8, 4) is 0 Å². The van der Waals surface area contributed by atoms with Gasteiger partial charge in [-0.05, 0) is 18.9 Å². The predicted molar refractivity (Wildman–Crippen MR) is 41.8 cm³/mol. The average molecular weight is 154 g/mol. The van der Waals surface area contributed by atoms with Crippen molar-refractivity contribution in [2.75, 3.05) is 19.6 Å². The maximum absolute atomic E-state index is 11.0. The zero-order valence-corrected chi connectivity index (χ0v) is 6.84. The fraction of sp³-hybridized carbons (Fsp3) is 0.875. The SMILES string of the molecule is CCN1CC2CC2(C(N)=O)C1. The third kappa shape index (κ3) is 0.805. The van der Waals surface area contributed by atoms with Crippen LogP contribution in [0.2, 0.25) is 0 Å². The highest BCUT2D eigenvalue weighted by atomic mass is 16.1. The van der Waals surface area contributed by atoms with Gasteiger partial charge in [-0.1, -0.05) is 6.92 Å². The molecule has 3 nitrogen and oxygen atoms in total. The molecule has 1 saturated carbocycles. The topological polar surface area (TPSA) is 46.3 Å². The van der Waals surface area contributed by atoms with E-state index in [1.54, 1.807) is 0 Å². The maximum Gasteiger partial charge on any atom is 0.225 e. The van der Waals surface area contributed by atoms with E-state index in [1.165, 1.54) is 0 Å². The molecule has 11 heavy (non-hydrogen) atoms. The standard InChI is InChI=1S/C8H14N2O/c1-2-10-4-6-3-8(6,5-10)7(9)11/h6H,2-5H2,1H3,(H2,9,11). The zero-order chi connectivity index (χ0) is 8.06. The number of nitrogens with zero attached hydrogens (tertiary/aromatic N) is 1. The molecule has 62 valence electrons. The van der Waals surface area contributed by atoms with Crippen molar-refractivity contribution in [3.63, 3.8) is 0 Å². The average Bonchev–Trinajstić information content (AvgIpc) is 2.56. The van der Waals surface area contributed by atoms with Gasteiger partial charge in [0.25, 0.3) is 0 Å². The second kappa shape index (κ2) is 1.97. The van der Waals surface area contributed by atoms with Crippen LogP contribution < -0.4 is 5.73 Å². The van der Waals surface area contributed by atoms with Gasteiger partial charge in [0, 0.05) is 13.1 Å². The third-order valence-corrected chi connectivity index (χ3v) is 3.15. The minimum atomic E-state index is -0.101. The number of primary amides is 1. The molecule has 1 heterocycles. The van der Waals surface area contributed by atoms with Crippen LogP contribution in [0.15, 0.2) is 0 Å². The molecule has 2 unspecified atom stereocenters. The number of fused-ring (bicyclic) bond motifs is 1. The fourth-order valence-electron chi connectivity index (χ4n) is 2.21. The Balaban J connectivity index is 2.07. The van der Waals surface area contributed by atoms with Crippen molar-refractivity contribution in [2.45, 2.75) is 13.3 Å². The molecular weight excluding hydrogens is 140 g/mol. The van der Waals surface area contributed by atoms with Gasteiger partial charge >= 0.3 is 0 Å². The minimum absolute atomic E-state index is 0.0848. The molecule has 2 rings (SSSR count). The van der Waals surface area contributed by atoms with Gasteiger partial charge in [0.2, 0.25) is 5.91 Å². The quantitative estimate of drug-likeness (QED) is 0.599. The highest BCUT2D eigenvalue weighted by Gasteiger charge is 2.63. The van der Waals surface area contributed by atoms with Gasteiger partial charge in [0.15, 0.2) is 0 Å². The second-order valence-electron chi connectivity index (χ2n) is 3.75. The molecule has 2 N–H and O–H groups in total. The minimum Gasteiger partial charge on any atom is -0.369 e. The van der Waals surface area contributed by atoms with Crippen molar-refractivity contribution in [2.24, 2.45) is 17.1 Å². The van der Waals surface area contributed by atoms with Gasteiger partial charge in [0.05, 0.1) is 5.41 Å². The van der Waals surface area contributed by atoms with Crippen LogP contribution in [0.5, 0.6) is 0 Å². The first-order chi connectivity index (χ1) is 5.19. The Morgan fingerprint density at radius 1 is 1.82 bits per heavy atom. The maximum atomic E-state index is 11.0. The van der Waals surface area contributed by atoms with E-state index in [-0.39, 0.29) is 11.3 Å². The van der Waals surface area contributed by atoms with Gasteiger partial charge in [-0.2, -0.15) is 0 Å². The number of likely N-dealkylation sites (tertiary alicyclic amines) is 1. The van der Waals surface area contributed by atoms with E-state index in [0.29, 0.717) is 5.92 Å². The first-order valence-corrected chi connectivity index (χ1v) is 4.21. The lowest BCUT2D eigenvalue weighted by molar-refractivity contribution is -0.123. The Morgan fingerprint density at radius 3 is 2.91 bits per heavy atom. The molecule has 0 aromatic carbocycles. The zero-order valence-electron chi connectivity index (χ0n) is 6.84. The molecule has 1 aliphatic heterocycles. The highest BCUT2D eigenvalue weighted by molar-refractivity contribution is 5.85. The number of carbonyl (C=O) groups excluding carboxylic acids is 1. The Labute approximate surface area is 66.5 Å². The monoisotopic (exact) mass is 154 g/mol. The Bertz CT molecular complexity index is 204. The van der Waals surface area contributed by atoms with E-state index in [9.17, 15) is 4.79 Å². The number of rotatable bonds is 2. The summed E-state index contributed by atoms with van der Waals surface area (Å²) in [5.41, 5.74) is 5.22. The summed E-state index contributed by atoms with van der Waals surface area (Å²) in [4.78, 5) is 13.3. The van der Waals surface area contributed by atoms with Crippen LogP contribution in [-0.2, 0) is 4.79 Å². The largest absolute Gasteiger partial charge is 0.369 e. The second-order valence-corrected chi connectivity index (χ2v) is 3.75. The van der Waals surface area contributed by atoms with Crippen LogP contribution in [0.4, 0.5) is 0 Å². The first-order valence-electron chi connectivity index (χ1n) is 4.21. The number of nitrogens with two attached hydrogens (primary N) is 1. The Morgan fingerprint density at radius 2 is 2.55 bits per heavy atom. The van der Waals surface area contributed by atoms with Crippen molar-refractivity contribution in [3.05, 3.63) is 0 Å². The van der Waals surface area contributed by atoms with E-state index in [0.717, 1.165) is 26.1 Å². The summed E-state index contributed by atoms with van der Waals surface area (Å²) in [6.07, 6.45) is 1.04. The molecule has 2 aliphatic rings. The molecule has 1 aliphatic carbocycles. The number of hydrogen-bond acceptors (Lipinski definition) is 2. The highest BCUT2D eigenvalue weighted by Crippen LogP contribution is 2.57. The number of piperidine rings is 1. The van der Waals surface area contributed by atoms with E-state index < -0.39 is 0 Å². The van der Waals surface area contributed by atoms with Crippen LogP contribution in [0.1, 0.15) is 13.3 Å². The molecule has 3 heteroatoms. The van der Waals surface area contributed by atoms with Crippen LogP contribution in [0.25, 0.3) is 0 Å². The molecular formula is C8H14N2O. The summed E-state index contributed by atoms with van der Waals surface area (Å²) in [6, 6.07) is 0. The Kier molecular flexibility index (Phi) is 1.27. The molecule has 0 spiro atoms. The summed E-state index contributed by atoms with van der Waals surface area (Å²) >= 11 is 0. The van der Waals surface area contributed by atoms with Crippen molar-refractivity contribution in [1.82, 2.24) is 4.90 Å². The van der Waals surface area contributed by atoms with Gasteiger partial charge in [-0.25, -0.2) is 0 Å². The van der Waals surface area contributed by atoms with Crippen molar-refractivity contribution in [1.29, 1.82) is 0 Å². The van der Waals surface area contributed by atoms with E-state index >= 15 is 0 Å². The lowest BCUT2D eigenvalue weighted by Gasteiger charge is -2.16. The number of carbonyl (C=O) groups is 1. The number of hydrogen-bond donors (Lipinski definition) is 1. The first kappa shape index (κ1) is 7.10. The van der Waals surface area contributed by atoms with Crippen LogP contribution in [0, 0.1) is 11.3 Å². The summed E-state index contributed by atoms with van der Waals surface area (Å²) in [6.45, 7) is 5.16. The Hall–Kier alpha value is -0.570. The summed E-state index contributed by atoms with van der Waals surface area (Å²) in [5, 5.41) is 0. The lowest BCUT2D eigenvalue weighted by Crippen LogP contribution is -2.32. The molecule has 0 aromatic rings. The van der Waals surface area contributed by atoms with Crippen molar-refractivity contribution >= 4 is 5.91 Å². The van der Waals surface area contributed by atoms with E-state index in [2.05, 4.69) is 11.8 Å². The molecule has 2 fully saturated rings. The normalized spacial score (nSPS) is 42.1. The molecule has 0 bridgehead atoms. The third-order valence-electron chi connectivity index (χ3n) is 3.15. The van der Waals surface area contributed by atoms with Crippen LogP contribution in [0.3, 0.4) is 0 Å². The van der Waals surface area contributed by atoms with Gasteiger partial charge < -0.3 is 10.6 Å². The van der Waals surface area contributed by atoms with Crippen LogP contribution >= 0.6 is 0 Å². The summed E-state index contributed by atoms with van der Waals surface area (Å²) in [7, 11) is 0. The van der Waals surface area contributed by atoms with Crippen molar-refractivity contribution < 1.29 is 4.79 Å². The lowest BCUT2D eigenvalue weighted by atomic mass is 10.1. The van der Waals surface area contributed by atoms with Crippen LogP contribution in [-0.4, -0.2) is 30.4 Å². The molecule has 0 aromatic heterocycles. The van der Waals surface area contributed by atoms with Gasteiger partial charge in [0.1, 0.15) is 0 Å². The smallest absolute Gasteiger partial charge is 0.225 e. The fourth-order valence-corrected chi connectivity index (χ4v) is 2.21. The predicted octanol–water partition coefficient (Wildman–Crippen LogP) is -0.187. The summed E-state index contributed by atoms with van der Waals surface area (Å²) < 4.78 is 0.